The number of hydrogen-bond acceptors (Lipinski definition) is 5. The smallest absolute Gasteiger partial charge is 0.306 e. The number of esters is 2. The van der Waals surface area contributed by atoms with E-state index in [1.165, 1.54) is 77.0 Å². The van der Waals surface area contributed by atoms with Gasteiger partial charge in [0.05, 0.1) is 6.61 Å². The number of aliphatic hydroxyl groups excluding tert-OH is 1. The molecule has 0 aliphatic heterocycles. The number of aliphatic hydroxyl groups is 1. The summed E-state index contributed by atoms with van der Waals surface area (Å²) in [6.45, 7) is 4.00. The van der Waals surface area contributed by atoms with Crippen LogP contribution in [0.1, 0.15) is 232 Å². The third kappa shape index (κ3) is 56.4. The Hall–Kier alpha value is -4.22. The molecule has 0 aromatic rings. The normalized spacial score (nSPS) is 13.4. The van der Waals surface area contributed by atoms with Gasteiger partial charge in [0.25, 0.3) is 0 Å². The molecule has 0 saturated carbocycles. The molecule has 0 radical (unpaired) electrons. The van der Waals surface area contributed by atoms with Crippen molar-refractivity contribution in [2.24, 2.45) is 0 Å². The van der Waals surface area contributed by atoms with Crippen molar-refractivity contribution in [1.82, 2.24) is 0 Å². The Morgan fingerprint density at radius 2 is 0.614 bits per heavy atom. The third-order valence-corrected chi connectivity index (χ3v) is 11.6. The van der Waals surface area contributed by atoms with Gasteiger partial charge < -0.3 is 14.6 Å². The zero-order chi connectivity index (χ0) is 50.6. The molecule has 0 aliphatic carbocycles. The van der Waals surface area contributed by atoms with Gasteiger partial charge in [-0.1, -0.05) is 262 Å². The maximum Gasteiger partial charge on any atom is 0.306 e. The predicted octanol–water partition coefficient (Wildman–Crippen LogP) is 19.4. The van der Waals surface area contributed by atoms with Crippen molar-refractivity contribution in [1.29, 1.82) is 0 Å². The molecule has 0 rings (SSSR count). The van der Waals surface area contributed by atoms with E-state index in [2.05, 4.69) is 160 Å². The second-order valence-electron chi connectivity index (χ2n) is 18.3. The average molecular weight is 966 g/mol. The molecule has 5 heteroatoms. The zero-order valence-electron chi connectivity index (χ0n) is 45.0. The Bertz CT molecular complexity index is 1510. The summed E-state index contributed by atoms with van der Waals surface area (Å²) in [5.41, 5.74) is 0. The molecule has 0 aliphatic rings. The molecule has 1 atom stereocenters. The molecule has 0 saturated heterocycles. The molecule has 0 bridgehead atoms. The number of allylic oxidation sites excluding steroid dienone is 24. The largest absolute Gasteiger partial charge is 0.462 e. The first-order chi connectivity index (χ1) is 34.6. The highest BCUT2D eigenvalue weighted by Gasteiger charge is 2.16. The van der Waals surface area contributed by atoms with Crippen molar-refractivity contribution in [3.63, 3.8) is 0 Å². The van der Waals surface area contributed by atoms with Crippen LogP contribution >= 0.6 is 0 Å². The molecular weight excluding hydrogens is 861 g/mol. The molecule has 0 aromatic carbocycles. The molecule has 0 heterocycles. The zero-order valence-corrected chi connectivity index (χ0v) is 45.0. The fourth-order valence-electron chi connectivity index (χ4n) is 7.42. The van der Waals surface area contributed by atoms with Crippen molar-refractivity contribution in [3.05, 3.63) is 146 Å². The summed E-state index contributed by atoms with van der Waals surface area (Å²) in [5.74, 6) is -0.624. The summed E-state index contributed by atoms with van der Waals surface area (Å²) in [5, 5.41) is 9.62. The molecular formula is C65H104O5. The van der Waals surface area contributed by atoms with E-state index in [0.29, 0.717) is 12.8 Å². The summed E-state index contributed by atoms with van der Waals surface area (Å²) in [7, 11) is 0. The highest BCUT2D eigenvalue weighted by atomic mass is 16.6. The molecule has 1 N–H and O–H groups in total. The quantitative estimate of drug-likeness (QED) is 0.0374. The Balaban J connectivity index is 3.67. The lowest BCUT2D eigenvalue weighted by molar-refractivity contribution is -0.161. The molecule has 1 unspecified atom stereocenters. The molecule has 394 valence electrons. The highest BCUT2D eigenvalue weighted by molar-refractivity contribution is 5.70. The summed E-state index contributed by atoms with van der Waals surface area (Å²) < 4.78 is 10.7. The summed E-state index contributed by atoms with van der Waals surface area (Å²) in [6, 6.07) is 0. The van der Waals surface area contributed by atoms with Crippen molar-refractivity contribution >= 4 is 11.9 Å². The fraction of sp³-hybridized carbons (Fsp3) is 0.600. The predicted molar refractivity (Wildman–Crippen MR) is 306 cm³/mol. The van der Waals surface area contributed by atoms with E-state index in [0.717, 1.165) is 128 Å². The van der Waals surface area contributed by atoms with E-state index in [-0.39, 0.29) is 25.2 Å². The van der Waals surface area contributed by atoms with Crippen molar-refractivity contribution in [3.8, 4) is 0 Å². The maximum atomic E-state index is 12.3. The van der Waals surface area contributed by atoms with Gasteiger partial charge in [-0.2, -0.15) is 0 Å². The third-order valence-electron chi connectivity index (χ3n) is 11.6. The van der Waals surface area contributed by atoms with Crippen LogP contribution < -0.4 is 0 Å². The SMILES string of the molecule is CC/C=C\C/C=C\C/C=C\C/C=C\C/C=C\C/C=C\C/C=C\C/C=C\C/C=C\C/C=C\C/C=C\C/C=C\CCCCCCC(=O)OC(CO)COC(=O)CCCCCCCCCCCCCCCCC. The molecule has 70 heavy (non-hydrogen) atoms. The second-order valence-corrected chi connectivity index (χ2v) is 18.3. The summed E-state index contributed by atoms with van der Waals surface area (Å²) in [6.07, 6.45) is 89.6. The van der Waals surface area contributed by atoms with Gasteiger partial charge in [-0.05, 0) is 103 Å². The van der Waals surface area contributed by atoms with E-state index in [9.17, 15) is 14.7 Å². The number of ether oxygens (including phenoxy) is 2. The molecule has 0 spiro atoms. The molecule has 0 aromatic heterocycles. The van der Waals surface area contributed by atoms with Crippen LogP contribution in [-0.4, -0.2) is 36.4 Å². The number of hydrogen-bond donors (Lipinski definition) is 1. The van der Waals surface area contributed by atoms with Gasteiger partial charge in [0.1, 0.15) is 6.61 Å². The van der Waals surface area contributed by atoms with Crippen LogP contribution in [0.3, 0.4) is 0 Å². The molecule has 0 amide bonds. The van der Waals surface area contributed by atoms with Crippen LogP contribution in [0.2, 0.25) is 0 Å². The van der Waals surface area contributed by atoms with Crippen LogP contribution in [0, 0.1) is 0 Å². The van der Waals surface area contributed by atoms with Crippen LogP contribution in [-0.2, 0) is 19.1 Å². The standard InChI is InChI=1S/C65H104O5/c1-3-5-7-9-11-13-15-17-19-20-21-22-23-24-25-26-27-28-29-30-31-32-33-34-35-36-37-38-39-40-41-42-43-44-46-48-50-52-54-56-58-60-65(68)70-63(61-66)62-69-64(67)59-57-55-53-51-49-47-45-18-16-14-12-10-8-6-4-2/h5,7,11,13,17,19,21-22,24-25,27-28,30-31,33-34,36-37,39-40,42-43,46,48,63,66H,3-4,6,8-10,12,14-16,18,20,23,26,29,32,35,38,41,44-45,47,49-62H2,1-2H3/b7-5-,13-11-,19-17-,22-21-,25-24-,28-27-,31-30-,34-33-,37-36-,40-39-,43-42-,48-46-. The average Bonchev–Trinajstić information content (AvgIpc) is 3.36. The Morgan fingerprint density at radius 3 is 0.929 bits per heavy atom. The van der Waals surface area contributed by atoms with Crippen LogP contribution in [0.5, 0.6) is 0 Å². The van der Waals surface area contributed by atoms with Gasteiger partial charge in [0, 0.05) is 12.8 Å². The lowest BCUT2D eigenvalue weighted by atomic mass is 10.0. The first-order valence-electron chi connectivity index (χ1n) is 28.4. The monoisotopic (exact) mass is 965 g/mol. The van der Waals surface area contributed by atoms with Crippen LogP contribution in [0.25, 0.3) is 0 Å². The first kappa shape index (κ1) is 65.8. The minimum Gasteiger partial charge on any atom is -0.462 e. The van der Waals surface area contributed by atoms with Gasteiger partial charge in [-0.15, -0.1) is 0 Å². The number of unbranched alkanes of at least 4 members (excludes halogenated alkanes) is 18. The maximum absolute atomic E-state index is 12.3. The lowest BCUT2D eigenvalue weighted by Gasteiger charge is -2.15. The summed E-state index contributed by atoms with van der Waals surface area (Å²) >= 11 is 0. The molecule has 5 nitrogen and oxygen atoms in total. The van der Waals surface area contributed by atoms with E-state index in [4.69, 9.17) is 9.47 Å². The lowest BCUT2D eigenvalue weighted by Crippen LogP contribution is -2.28. The number of carbonyl (C=O) groups excluding carboxylic acids is 2. The Kier molecular flexibility index (Phi) is 55.5. The van der Waals surface area contributed by atoms with Gasteiger partial charge in [0.2, 0.25) is 0 Å². The topological polar surface area (TPSA) is 72.8 Å². The highest BCUT2D eigenvalue weighted by Crippen LogP contribution is 2.14. The van der Waals surface area contributed by atoms with Gasteiger partial charge >= 0.3 is 11.9 Å². The minimum atomic E-state index is -0.793. The van der Waals surface area contributed by atoms with E-state index in [1.54, 1.807) is 0 Å². The van der Waals surface area contributed by atoms with E-state index in [1.807, 2.05) is 0 Å². The van der Waals surface area contributed by atoms with Crippen LogP contribution in [0.4, 0.5) is 0 Å². The van der Waals surface area contributed by atoms with Crippen molar-refractivity contribution < 1.29 is 24.2 Å². The molecule has 0 fully saturated rings. The summed E-state index contributed by atoms with van der Waals surface area (Å²) in [4.78, 5) is 24.4. The van der Waals surface area contributed by atoms with Crippen molar-refractivity contribution in [2.75, 3.05) is 13.2 Å². The van der Waals surface area contributed by atoms with Crippen molar-refractivity contribution in [2.45, 2.75) is 238 Å². The first-order valence-corrected chi connectivity index (χ1v) is 28.4. The number of rotatable bonds is 50. The van der Waals surface area contributed by atoms with E-state index >= 15 is 0 Å². The van der Waals surface area contributed by atoms with Crippen LogP contribution in [0.15, 0.2) is 146 Å². The van der Waals surface area contributed by atoms with Gasteiger partial charge in [-0.25, -0.2) is 0 Å². The Labute approximate surface area is 431 Å². The van der Waals surface area contributed by atoms with E-state index < -0.39 is 6.10 Å². The minimum absolute atomic E-state index is 0.0819. The Morgan fingerprint density at radius 1 is 0.343 bits per heavy atom. The second kappa shape index (κ2) is 59.1. The number of carbonyl (C=O) groups is 2. The van der Waals surface area contributed by atoms with Gasteiger partial charge in [0.15, 0.2) is 6.10 Å². The van der Waals surface area contributed by atoms with Gasteiger partial charge in [-0.3, -0.25) is 9.59 Å². The fourth-order valence-corrected chi connectivity index (χ4v) is 7.42.